The summed E-state index contributed by atoms with van der Waals surface area (Å²) in [5.74, 6) is -0.263. The van der Waals surface area contributed by atoms with Crippen LogP contribution in [0.2, 0.25) is 0 Å². The second kappa shape index (κ2) is 7.45. The molecule has 0 aromatic heterocycles. The Morgan fingerprint density at radius 3 is 2.38 bits per heavy atom. The number of aromatic carboxylic acids is 1. The quantitative estimate of drug-likeness (QED) is 0.820. The molecule has 0 heterocycles. The number of ether oxygens (including phenoxy) is 1. The smallest absolute Gasteiger partial charge is 0.335 e. The largest absolute Gasteiger partial charge is 0.486 e. The van der Waals surface area contributed by atoms with E-state index in [1.807, 2.05) is 37.4 Å². The van der Waals surface area contributed by atoms with Crippen molar-refractivity contribution in [3.8, 4) is 5.75 Å². The minimum absolute atomic E-state index is 0.0608. The molecule has 2 rings (SSSR count). The predicted molar refractivity (Wildman–Crippen MR) is 81.8 cm³/mol. The highest BCUT2D eigenvalue weighted by molar-refractivity contribution is 5.87. The van der Waals surface area contributed by atoms with Crippen molar-refractivity contribution in [2.75, 3.05) is 13.6 Å². The molecule has 21 heavy (non-hydrogen) atoms. The number of hydrogen-bond donors (Lipinski definition) is 2. The third-order valence-electron chi connectivity index (χ3n) is 3.21. The van der Waals surface area contributed by atoms with Crippen molar-refractivity contribution in [1.29, 1.82) is 0 Å². The predicted octanol–water partition coefficient (Wildman–Crippen LogP) is 3.11. The molecule has 0 saturated carbocycles. The molecule has 0 bridgehead atoms. The van der Waals surface area contributed by atoms with Gasteiger partial charge in [-0.15, -0.1) is 0 Å². The number of rotatable bonds is 7. The number of nitrogens with one attached hydrogen (secondary N) is 1. The molecular weight excluding hydrogens is 266 g/mol. The molecule has 2 aromatic carbocycles. The molecule has 1 unspecified atom stereocenters. The van der Waals surface area contributed by atoms with Crippen LogP contribution in [0.3, 0.4) is 0 Å². The van der Waals surface area contributed by atoms with Gasteiger partial charge in [0, 0.05) is 6.42 Å². The zero-order valence-corrected chi connectivity index (χ0v) is 12.0. The van der Waals surface area contributed by atoms with Gasteiger partial charge in [0.1, 0.15) is 11.9 Å². The van der Waals surface area contributed by atoms with E-state index in [1.165, 1.54) is 0 Å². The third kappa shape index (κ3) is 4.33. The highest BCUT2D eigenvalue weighted by Gasteiger charge is 2.13. The number of benzene rings is 2. The molecule has 0 radical (unpaired) electrons. The Morgan fingerprint density at radius 2 is 1.81 bits per heavy atom. The lowest BCUT2D eigenvalue weighted by atomic mass is 10.1. The van der Waals surface area contributed by atoms with Gasteiger partial charge >= 0.3 is 5.97 Å². The minimum Gasteiger partial charge on any atom is -0.486 e. The van der Waals surface area contributed by atoms with Gasteiger partial charge in [-0.3, -0.25) is 0 Å². The summed E-state index contributed by atoms with van der Waals surface area (Å²) in [6.45, 7) is 0.840. The summed E-state index contributed by atoms with van der Waals surface area (Å²) in [5.41, 5.74) is 1.36. The molecule has 2 aromatic rings. The first kappa shape index (κ1) is 15.1. The Balaban J connectivity index is 2.12. The first-order chi connectivity index (χ1) is 10.2. The lowest BCUT2D eigenvalue weighted by Gasteiger charge is -2.19. The highest BCUT2D eigenvalue weighted by atomic mass is 16.5. The van der Waals surface area contributed by atoms with E-state index >= 15 is 0 Å². The van der Waals surface area contributed by atoms with E-state index in [1.54, 1.807) is 24.3 Å². The second-order valence-corrected chi connectivity index (χ2v) is 4.74. The van der Waals surface area contributed by atoms with Crippen LogP contribution in [0.25, 0.3) is 0 Å². The van der Waals surface area contributed by atoms with Crippen LogP contribution in [0.15, 0.2) is 54.6 Å². The van der Waals surface area contributed by atoms with E-state index in [2.05, 4.69) is 5.32 Å². The number of hydrogen-bond acceptors (Lipinski definition) is 3. The fraction of sp³-hybridized carbons (Fsp3) is 0.235. The maximum Gasteiger partial charge on any atom is 0.335 e. The van der Waals surface area contributed by atoms with E-state index in [9.17, 15) is 4.79 Å². The van der Waals surface area contributed by atoms with E-state index in [0.29, 0.717) is 5.75 Å². The molecule has 4 heteroatoms. The zero-order chi connectivity index (χ0) is 15.1. The van der Waals surface area contributed by atoms with Crippen molar-refractivity contribution < 1.29 is 14.6 Å². The molecule has 4 nitrogen and oxygen atoms in total. The Bertz CT molecular complexity index is 566. The van der Waals surface area contributed by atoms with E-state index in [0.717, 1.165) is 18.5 Å². The first-order valence-electron chi connectivity index (χ1n) is 6.90. The summed E-state index contributed by atoms with van der Waals surface area (Å²) in [6.07, 6.45) is 0.774. The summed E-state index contributed by atoms with van der Waals surface area (Å²) in [7, 11) is 1.91. The number of carboxylic acid groups (broad SMARTS) is 1. The second-order valence-electron chi connectivity index (χ2n) is 4.74. The maximum atomic E-state index is 10.8. The van der Waals surface area contributed by atoms with Gasteiger partial charge in [-0.25, -0.2) is 4.79 Å². The van der Waals surface area contributed by atoms with Crippen LogP contribution in [-0.4, -0.2) is 24.7 Å². The van der Waals surface area contributed by atoms with Gasteiger partial charge in [-0.1, -0.05) is 30.3 Å². The first-order valence-corrected chi connectivity index (χ1v) is 6.90. The van der Waals surface area contributed by atoms with Gasteiger partial charge in [0.05, 0.1) is 5.56 Å². The van der Waals surface area contributed by atoms with Crippen LogP contribution < -0.4 is 10.1 Å². The monoisotopic (exact) mass is 285 g/mol. The van der Waals surface area contributed by atoms with Crippen LogP contribution in [0.5, 0.6) is 5.75 Å². The van der Waals surface area contributed by atoms with Gasteiger partial charge in [-0.2, -0.15) is 0 Å². The maximum absolute atomic E-state index is 10.8. The molecule has 0 aliphatic heterocycles. The van der Waals surface area contributed by atoms with Crippen LogP contribution in [0.1, 0.15) is 28.4 Å². The van der Waals surface area contributed by atoms with Crippen molar-refractivity contribution in [3.63, 3.8) is 0 Å². The van der Waals surface area contributed by atoms with Crippen LogP contribution >= 0.6 is 0 Å². The Hall–Kier alpha value is -2.33. The molecule has 2 N–H and O–H groups in total. The van der Waals surface area contributed by atoms with E-state index in [-0.39, 0.29) is 11.7 Å². The molecule has 0 saturated heterocycles. The molecule has 0 amide bonds. The van der Waals surface area contributed by atoms with Gasteiger partial charge in [0.15, 0.2) is 0 Å². The van der Waals surface area contributed by atoms with Crippen molar-refractivity contribution in [1.82, 2.24) is 5.32 Å². The van der Waals surface area contributed by atoms with Crippen molar-refractivity contribution in [2.45, 2.75) is 12.5 Å². The average Bonchev–Trinajstić information content (AvgIpc) is 2.52. The summed E-state index contributed by atoms with van der Waals surface area (Å²) in [5, 5.41) is 12.0. The molecule has 110 valence electrons. The zero-order valence-electron chi connectivity index (χ0n) is 12.0. The van der Waals surface area contributed by atoms with Crippen molar-refractivity contribution >= 4 is 5.97 Å². The minimum atomic E-state index is -0.934. The van der Waals surface area contributed by atoms with Gasteiger partial charge in [-0.05, 0) is 43.4 Å². The van der Waals surface area contributed by atoms with E-state index in [4.69, 9.17) is 9.84 Å². The lowest BCUT2D eigenvalue weighted by Crippen LogP contribution is -2.16. The Kier molecular flexibility index (Phi) is 5.35. The van der Waals surface area contributed by atoms with Gasteiger partial charge < -0.3 is 15.2 Å². The van der Waals surface area contributed by atoms with Crippen molar-refractivity contribution in [2.24, 2.45) is 0 Å². The highest BCUT2D eigenvalue weighted by Crippen LogP contribution is 2.24. The van der Waals surface area contributed by atoms with E-state index < -0.39 is 5.97 Å². The number of carbonyl (C=O) groups is 1. The molecular formula is C17H19NO3. The summed E-state index contributed by atoms with van der Waals surface area (Å²) in [6, 6.07) is 16.5. The third-order valence-corrected chi connectivity index (χ3v) is 3.21. The summed E-state index contributed by atoms with van der Waals surface area (Å²) < 4.78 is 6.00. The van der Waals surface area contributed by atoms with Crippen LogP contribution in [0.4, 0.5) is 0 Å². The fourth-order valence-corrected chi connectivity index (χ4v) is 2.08. The van der Waals surface area contributed by atoms with Gasteiger partial charge in [0.2, 0.25) is 0 Å². The number of carboxylic acids is 1. The molecule has 0 aliphatic carbocycles. The topological polar surface area (TPSA) is 58.6 Å². The molecule has 0 aliphatic rings. The molecule has 0 fully saturated rings. The Labute approximate surface area is 124 Å². The average molecular weight is 285 g/mol. The van der Waals surface area contributed by atoms with Crippen LogP contribution in [0, 0.1) is 0 Å². The summed E-state index contributed by atoms with van der Waals surface area (Å²) in [4.78, 5) is 10.8. The normalized spacial score (nSPS) is 11.9. The Morgan fingerprint density at radius 1 is 1.14 bits per heavy atom. The standard InChI is InChI=1S/C17H19NO3/c1-18-12-11-16(13-5-3-2-4-6-13)21-15-9-7-14(8-10-15)17(19)20/h2-10,16,18H,11-12H2,1H3,(H,19,20). The SMILES string of the molecule is CNCCC(Oc1ccc(C(=O)O)cc1)c1ccccc1. The van der Waals surface area contributed by atoms with Gasteiger partial charge in [0.25, 0.3) is 0 Å². The summed E-state index contributed by atoms with van der Waals surface area (Å²) >= 11 is 0. The van der Waals surface area contributed by atoms with Crippen molar-refractivity contribution in [3.05, 3.63) is 65.7 Å². The molecule has 0 spiro atoms. The lowest BCUT2D eigenvalue weighted by molar-refractivity contribution is 0.0697. The fourth-order valence-electron chi connectivity index (χ4n) is 2.08. The molecule has 1 atom stereocenters. The van der Waals surface area contributed by atoms with Crippen LogP contribution in [-0.2, 0) is 0 Å².